The summed E-state index contributed by atoms with van der Waals surface area (Å²) in [5.74, 6) is -0.264. The number of aliphatic hydroxyl groups excluding tert-OH is 1. The predicted octanol–water partition coefficient (Wildman–Crippen LogP) is 1.78. The maximum Gasteiger partial charge on any atom is 0.302 e. The van der Waals surface area contributed by atoms with Gasteiger partial charge in [0.1, 0.15) is 6.10 Å². The Hall–Kier alpha value is -0.690. The zero-order valence-electron chi connectivity index (χ0n) is 14.3. The number of methoxy groups -OCH3 is 1. The second kappa shape index (κ2) is 15.7. The van der Waals surface area contributed by atoms with E-state index in [1.54, 1.807) is 14.0 Å². The highest BCUT2D eigenvalue weighted by molar-refractivity contribution is 5.66. The lowest BCUT2D eigenvalue weighted by Crippen LogP contribution is -2.22. The molecule has 0 rings (SSSR count). The van der Waals surface area contributed by atoms with Crippen LogP contribution >= 0.6 is 0 Å². The Morgan fingerprint density at radius 3 is 2.10 bits per heavy atom. The van der Waals surface area contributed by atoms with E-state index >= 15 is 0 Å². The van der Waals surface area contributed by atoms with Gasteiger partial charge in [-0.2, -0.15) is 0 Å². The summed E-state index contributed by atoms with van der Waals surface area (Å²) in [6.45, 7) is 10.9. The maximum absolute atomic E-state index is 10.3. The molecular weight excluding hydrogens is 276 g/mol. The summed E-state index contributed by atoms with van der Waals surface area (Å²) in [7, 11) is 1.57. The van der Waals surface area contributed by atoms with Crippen LogP contribution in [-0.4, -0.2) is 62.9 Å². The molecule has 6 heteroatoms. The molecule has 3 unspecified atom stereocenters. The van der Waals surface area contributed by atoms with Gasteiger partial charge in [-0.3, -0.25) is 4.79 Å². The lowest BCUT2D eigenvalue weighted by atomic mass is 10.4. The predicted molar refractivity (Wildman–Crippen MR) is 81.3 cm³/mol. The fourth-order valence-electron chi connectivity index (χ4n) is 1.27. The van der Waals surface area contributed by atoms with Crippen molar-refractivity contribution in [3.05, 3.63) is 0 Å². The quantitative estimate of drug-likeness (QED) is 0.620. The van der Waals surface area contributed by atoms with Crippen molar-refractivity contribution >= 4 is 5.97 Å². The molecule has 3 atom stereocenters. The van der Waals surface area contributed by atoms with Crippen molar-refractivity contribution < 1.29 is 28.8 Å². The minimum Gasteiger partial charge on any atom is -0.460 e. The van der Waals surface area contributed by atoms with E-state index in [0.29, 0.717) is 13.2 Å². The molecule has 0 aromatic carbocycles. The molecule has 0 bridgehead atoms. The van der Waals surface area contributed by atoms with E-state index in [9.17, 15) is 4.79 Å². The molecule has 0 aromatic heterocycles. The van der Waals surface area contributed by atoms with Crippen LogP contribution in [0.1, 0.15) is 41.0 Å². The van der Waals surface area contributed by atoms with Gasteiger partial charge in [0.2, 0.25) is 0 Å². The van der Waals surface area contributed by atoms with Crippen LogP contribution in [0, 0.1) is 0 Å². The van der Waals surface area contributed by atoms with Gasteiger partial charge in [0, 0.05) is 20.6 Å². The van der Waals surface area contributed by atoms with E-state index in [-0.39, 0.29) is 30.9 Å². The van der Waals surface area contributed by atoms with Gasteiger partial charge in [0.25, 0.3) is 0 Å². The number of carbonyl (C=O) groups excluding carboxylic acids is 1. The van der Waals surface area contributed by atoms with Crippen molar-refractivity contribution in [1.82, 2.24) is 0 Å². The first kappa shape index (κ1) is 22.6. The van der Waals surface area contributed by atoms with Crippen molar-refractivity contribution in [2.24, 2.45) is 0 Å². The number of aliphatic hydroxyl groups is 1. The van der Waals surface area contributed by atoms with Crippen LogP contribution in [0.2, 0.25) is 0 Å². The summed E-state index contributed by atoms with van der Waals surface area (Å²) >= 11 is 0. The summed E-state index contributed by atoms with van der Waals surface area (Å²) < 4.78 is 20.1. The van der Waals surface area contributed by atoms with Gasteiger partial charge in [-0.15, -0.1) is 0 Å². The van der Waals surface area contributed by atoms with Gasteiger partial charge >= 0.3 is 5.97 Å². The summed E-state index contributed by atoms with van der Waals surface area (Å²) in [6.07, 6.45) is 0.934. The van der Waals surface area contributed by atoms with Crippen LogP contribution in [0.3, 0.4) is 0 Å². The van der Waals surface area contributed by atoms with Crippen LogP contribution in [-0.2, 0) is 23.7 Å². The molecule has 21 heavy (non-hydrogen) atoms. The molecule has 0 heterocycles. The van der Waals surface area contributed by atoms with E-state index in [4.69, 9.17) is 24.1 Å². The van der Waals surface area contributed by atoms with Crippen molar-refractivity contribution in [2.75, 3.05) is 33.5 Å². The molecule has 0 radical (unpaired) electrons. The monoisotopic (exact) mass is 308 g/mol. The number of ether oxygens (including phenoxy) is 4. The Balaban J connectivity index is 0. The van der Waals surface area contributed by atoms with Crippen molar-refractivity contribution in [3.8, 4) is 0 Å². The zero-order chi connectivity index (χ0) is 16.7. The third-order valence-electron chi connectivity index (χ3n) is 2.25. The number of hydrogen-bond acceptors (Lipinski definition) is 6. The van der Waals surface area contributed by atoms with Crippen LogP contribution < -0.4 is 0 Å². The maximum atomic E-state index is 10.3. The van der Waals surface area contributed by atoms with Crippen LogP contribution in [0.25, 0.3) is 0 Å². The number of rotatable bonds is 10. The Labute approximate surface area is 128 Å². The molecule has 0 saturated carbocycles. The minimum absolute atomic E-state index is 0.0699. The molecule has 0 fully saturated rings. The van der Waals surface area contributed by atoms with Crippen LogP contribution in [0.15, 0.2) is 0 Å². The number of carbonyl (C=O) groups is 1. The first-order valence-electron chi connectivity index (χ1n) is 7.37. The minimum atomic E-state index is -0.264. The Morgan fingerprint density at radius 1 is 1.05 bits per heavy atom. The summed E-state index contributed by atoms with van der Waals surface area (Å²) in [5, 5.41) is 8.66. The molecule has 6 nitrogen and oxygen atoms in total. The Morgan fingerprint density at radius 2 is 1.67 bits per heavy atom. The van der Waals surface area contributed by atoms with Crippen molar-refractivity contribution in [2.45, 2.75) is 59.4 Å². The average molecular weight is 308 g/mol. The van der Waals surface area contributed by atoms with E-state index in [1.807, 2.05) is 13.8 Å². The highest BCUT2D eigenvalue weighted by Crippen LogP contribution is 1.96. The van der Waals surface area contributed by atoms with Crippen molar-refractivity contribution in [3.63, 3.8) is 0 Å². The zero-order valence-corrected chi connectivity index (χ0v) is 14.3. The SMILES string of the molecule is CCCOC(C)COC(C)CO.COCC(C)OC(C)=O. The highest BCUT2D eigenvalue weighted by atomic mass is 16.6. The van der Waals surface area contributed by atoms with E-state index in [1.165, 1.54) is 6.92 Å². The van der Waals surface area contributed by atoms with Gasteiger partial charge in [-0.05, 0) is 27.2 Å². The average Bonchev–Trinajstić information content (AvgIpc) is 2.42. The summed E-state index contributed by atoms with van der Waals surface area (Å²) in [5.41, 5.74) is 0. The second-order valence-electron chi connectivity index (χ2n) is 4.88. The van der Waals surface area contributed by atoms with Gasteiger partial charge in [0.15, 0.2) is 0 Å². The lowest BCUT2D eigenvalue weighted by molar-refractivity contribution is -0.147. The lowest BCUT2D eigenvalue weighted by Gasteiger charge is -2.15. The van der Waals surface area contributed by atoms with Gasteiger partial charge in [-0.25, -0.2) is 0 Å². The second-order valence-corrected chi connectivity index (χ2v) is 4.88. The molecule has 1 N–H and O–H groups in total. The third-order valence-corrected chi connectivity index (χ3v) is 2.25. The Kier molecular flexibility index (Phi) is 16.9. The first-order chi connectivity index (χ1) is 9.87. The van der Waals surface area contributed by atoms with Gasteiger partial charge < -0.3 is 24.1 Å². The topological polar surface area (TPSA) is 74.2 Å². The van der Waals surface area contributed by atoms with E-state index in [0.717, 1.165) is 13.0 Å². The highest BCUT2D eigenvalue weighted by Gasteiger charge is 2.05. The van der Waals surface area contributed by atoms with E-state index < -0.39 is 0 Å². The molecule has 0 spiro atoms. The molecule has 0 saturated heterocycles. The molecule has 0 aromatic rings. The largest absolute Gasteiger partial charge is 0.460 e. The third kappa shape index (κ3) is 19.3. The van der Waals surface area contributed by atoms with Crippen LogP contribution in [0.4, 0.5) is 0 Å². The van der Waals surface area contributed by atoms with E-state index in [2.05, 4.69) is 6.92 Å². The van der Waals surface area contributed by atoms with Crippen LogP contribution in [0.5, 0.6) is 0 Å². The molecule has 128 valence electrons. The smallest absolute Gasteiger partial charge is 0.302 e. The summed E-state index contributed by atoms with van der Waals surface area (Å²) in [6, 6.07) is 0. The van der Waals surface area contributed by atoms with Gasteiger partial charge in [-0.1, -0.05) is 6.92 Å². The molecule has 0 aliphatic carbocycles. The molecule has 0 aliphatic rings. The fourth-order valence-corrected chi connectivity index (χ4v) is 1.27. The van der Waals surface area contributed by atoms with Crippen molar-refractivity contribution in [1.29, 1.82) is 0 Å². The number of esters is 1. The number of hydrogen-bond donors (Lipinski definition) is 1. The first-order valence-corrected chi connectivity index (χ1v) is 7.37. The summed E-state index contributed by atoms with van der Waals surface area (Å²) in [4.78, 5) is 10.3. The fraction of sp³-hybridized carbons (Fsp3) is 0.933. The standard InChI is InChI=1S/C9H20O3.C6H12O3/c1-4-5-11-9(3)7-12-8(2)6-10;1-5(4-8-3)9-6(2)7/h8-10H,4-7H2,1-3H3;5H,4H2,1-3H3. The van der Waals surface area contributed by atoms with Gasteiger partial charge in [0.05, 0.1) is 32.0 Å². The molecule has 0 amide bonds. The molecular formula is C15H32O6. The molecule has 0 aliphatic heterocycles. The Bertz CT molecular complexity index is 234. The normalized spacial score (nSPS) is 14.6.